The molecule has 8 atom stereocenters. The van der Waals surface area contributed by atoms with E-state index < -0.39 is 0 Å². The highest BCUT2D eigenvalue weighted by Crippen LogP contribution is 2.66. The molecule has 0 bridgehead atoms. The smallest absolute Gasteiger partial charge is 0.309 e. The molecule has 4 aliphatic carbocycles. The fraction of sp³-hybridized carbons (Fsp3) is 0.677. The first kappa shape index (κ1) is 24.6. The zero-order valence-electron chi connectivity index (χ0n) is 21.9. The van der Waals surface area contributed by atoms with Crippen molar-refractivity contribution in [2.75, 3.05) is 0 Å². The van der Waals surface area contributed by atoms with Gasteiger partial charge < -0.3 is 9.47 Å². The summed E-state index contributed by atoms with van der Waals surface area (Å²) in [5.41, 5.74) is 3.00. The Morgan fingerprint density at radius 1 is 1.00 bits per heavy atom. The molecule has 0 radical (unpaired) electrons. The van der Waals surface area contributed by atoms with Crippen molar-refractivity contribution in [3.8, 4) is 0 Å². The van der Waals surface area contributed by atoms with Crippen molar-refractivity contribution in [2.24, 2.45) is 34.5 Å². The Hall–Kier alpha value is -2.10. The molecule has 0 aromatic heterocycles. The molecular weight excluding hydrogens is 436 g/mol. The van der Waals surface area contributed by atoms with Crippen LogP contribution in [0.25, 0.3) is 0 Å². The molecule has 190 valence electrons. The van der Waals surface area contributed by atoms with Crippen LogP contribution < -0.4 is 0 Å². The Balaban J connectivity index is 1.27. The van der Waals surface area contributed by atoms with Gasteiger partial charge in [0.2, 0.25) is 0 Å². The normalized spacial score (nSPS) is 38.9. The maximum atomic E-state index is 13.4. The molecule has 0 aliphatic heterocycles. The molecule has 0 saturated heterocycles. The van der Waals surface area contributed by atoms with Gasteiger partial charge in [0, 0.05) is 13.3 Å². The number of benzene rings is 1. The van der Waals surface area contributed by atoms with Crippen molar-refractivity contribution < 1.29 is 19.1 Å². The lowest BCUT2D eigenvalue weighted by Crippen LogP contribution is -2.51. The number of fused-ring (bicyclic) bond motifs is 5. The molecule has 1 aromatic carbocycles. The number of esters is 2. The van der Waals surface area contributed by atoms with E-state index in [1.165, 1.54) is 30.9 Å². The Morgan fingerprint density at radius 2 is 1.77 bits per heavy atom. The Morgan fingerprint density at radius 3 is 2.51 bits per heavy atom. The summed E-state index contributed by atoms with van der Waals surface area (Å²) >= 11 is 0. The quantitative estimate of drug-likeness (QED) is 0.350. The second-order valence-electron chi connectivity index (χ2n) is 12.3. The van der Waals surface area contributed by atoms with E-state index in [4.69, 9.17) is 9.47 Å². The molecule has 4 nitrogen and oxygen atoms in total. The lowest BCUT2D eigenvalue weighted by atomic mass is 9.47. The van der Waals surface area contributed by atoms with E-state index in [1.807, 2.05) is 25.1 Å². The predicted octanol–water partition coefficient (Wildman–Crippen LogP) is 6.67. The van der Waals surface area contributed by atoms with Crippen molar-refractivity contribution in [3.63, 3.8) is 0 Å². The molecule has 0 N–H and O–H groups in total. The van der Waals surface area contributed by atoms with Crippen molar-refractivity contribution in [3.05, 3.63) is 47.5 Å². The molecule has 4 heteroatoms. The van der Waals surface area contributed by atoms with Gasteiger partial charge in [-0.25, -0.2) is 0 Å². The highest BCUT2D eigenvalue weighted by molar-refractivity contribution is 5.74. The van der Waals surface area contributed by atoms with E-state index >= 15 is 0 Å². The topological polar surface area (TPSA) is 52.6 Å². The average Bonchev–Trinajstić information content (AvgIpc) is 3.17. The van der Waals surface area contributed by atoms with Crippen LogP contribution in [-0.2, 0) is 25.5 Å². The summed E-state index contributed by atoms with van der Waals surface area (Å²) in [7, 11) is 0. The van der Waals surface area contributed by atoms with Gasteiger partial charge in [-0.05, 0) is 98.5 Å². The monoisotopic (exact) mass is 478 g/mol. The van der Waals surface area contributed by atoms with Gasteiger partial charge in [0.05, 0.1) is 5.92 Å². The van der Waals surface area contributed by atoms with E-state index in [0.717, 1.165) is 44.9 Å². The van der Waals surface area contributed by atoms with Crippen LogP contribution in [0.5, 0.6) is 0 Å². The predicted molar refractivity (Wildman–Crippen MR) is 136 cm³/mol. The molecule has 5 rings (SSSR count). The third-order valence-corrected chi connectivity index (χ3v) is 10.4. The lowest BCUT2D eigenvalue weighted by Gasteiger charge is -2.58. The standard InChI is InChI=1S/C31H42O4/c1-20(18-22-8-6-5-7-9-22)34-29(33)28-13-12-26-25-11-10-23-19-24(35-21(2)32)14-16-30(23,3)27(25)15-17-31(26,28)4/h5-9,19-20,24-28H,10-18H2,1-4H3/t20-,24-,25-,26-,27-,28+,30-,31-/m0/s1. The molecule has 3 fully saturated rings. The van der Waals surface area contributed by atoms with Crippen LogP contribution in [0, 0.1) is 34.5 Å². The number of carbonyl (C=O) groups is 2. The van der Waals surface area contributed by atoms with Crippen LogP contribution in [0.1, 0.15) is 84.6 Å². The summed E-state index contributed by atoms with van der Waals surface area (Å²) in [6.07, 6.45) is 11.6. The molecule has 35 heavy (non-hydrogen) atoms. The SMILES string of the molecule is CC(=O)O[C@@H]1C=C2CC[C@H]3[C@@H]4CC[C@H](C(=O)O[C@@H](C)Cc5ccccc5)[C@@]4(C)CC[C@@H]3[C@@]2(C)CC1. The van der Waals surface area contributed by atoms with E-state index in [2.05, 4.69) is 32.1 Å². The average molecular weight is 479 g/mol. The zero-order chi connectivity index (χ0) is 24.8. The molecule has 3 saturated carbocycles. The first-order valence-electron chi connectivity index (χ1n) is 13.8. The summed E-state index contributed by atoms with van der Waals surface area (Å²) in [5, 5.41) is 0. The van der Waals surface area contributed by atoms with Gasteiger partial charge >= 0.3 is 11.9 Å². The van der Waals surface area contributed by atoms with Crippen molar-refractivity contribution >= 4 is 11.9 Å². The van der Waals surface area contributed by atoms with Crippen LogP contribution >= 0.6 is 0 Å². The largest absolute Gasteiger partial charge is 0.462 e. The molecule has 4 aliphatic rings. The van der Waals surface area contributed by atoms with Gasteiger partial charge in [-0.1, -0.05) is 49.8 Å². The molecular formula is C31H42O4. The highest BCUT2D eigenvalue weighted by Gasteiger charge is 2.60. The molecule has 0 amide bonds. The Labute approximate surface area is 210 Å². The fourth-order valence-corrected chi connectivity index (χ4v) is 8.66. The van der Waals surface area contributed by atoms with Crippen LogP contribution in [0.4, 0.5) is 0 Å². The summed E-state index contributed by atoms with van der Waals surface area (Å²) in [6, 6.07) is 10.3. The van der Waals surface area contributed by atoms with E-state index in [9.17, 15) is 9.59 Å². The maximum Gasteiger partial charge on any atom is 0.309 e. The molecule has 0 heterocycles. The zero-order valence-corrected chi connectivity index (χ0v) is 21.9. The van der Waals surface area contributed by atoms with Crippen LogP contribution in [0.2, 0.25) is 0 Å². The van der Waals surface area contributed by atoms with Crippen LogP contribution in [0.15, 0.2) is 42.0 Å². The number of ether oxygens (including phenoxy) is 2. The lowest BCUT2D eigenvalue weighted by molar-refractivity contribution is -0.160. The fourth-order valence-electron chi connectivity index (χ4n) is 8.66. The second-order valence-corrected chi connectivity index (χ2v) is 12.3. The number of hydrogen-bond acceptors (Lipinski definition) is 4. The first-order valence-corrected chi connectivity index (χ1v) is 13.8. The number of carbonyl (C=O) groups excluding carboxylic acids is 2. The van der Waals surface area contributed by atoms with E-state index in [1.54, 1.807) is 0 Å². The summed E-state index contributed by atoms with van der Waals surface area (Å²) in [4.78, 5) is 24.9. The minimum absolute atomic E-state index is 0.0242. The first-order chi connectivity index (χ1) is 16.7. The second kappa shape index (κ2) is 9.41. The third-order valence-electron chi connectivity index (χ3n) is 10.4. The van der Waals surface area contributed by atoms with E-state index in [0.29, 0.717) is 17.8 Å². The van der Waals surface area contributed by atoms with Gasteiger partial charge in [-0.15, -0.1) is 0 Å². The maximum absolute atomic E-state index is 13.4. The highest BCUT2D eigenvalue weighted by atomic mass is 16.5. The number of hydrogen-bond donors (Lipinski definition) is 0. The number of allylic oxidation sites excluding steroid dienone is 1. The van der Waals surface area contributed by atoms with Crippen molar-refractivity contribution in [2.45, 2.75) is 97.7 Å². The molecule has 1 aromatic rings. The molecule has 0 spiro atoms. The van der Waals surface area contributed by atoms with Gasteiger partial charge in [0.15, 0.2) is 0 Å². The number of rotatable bonds is 5. The van der Waals surface area contributed by atoms with Gasteiger partial charge in [0.1, 0.15) is 12.2 Å². The molecule has 0 unspecified atom stereocenters. The van der Waals surface area contributed by atoms with Gasteiger partial charge in [-0.2, -0.15) is 0 Å². The summed E-state index contributed by atoms with van der Waals surface area (Å²) in [6.45, 7) is 8.39. The van der Waals surface area contributed by atoms with Gasteiger partial charge in [-0.3, -0.25) is 9.59 Å². The summed E-state index contributed by atoms with van der Waals surface area (Å²) in [5.74, 6) is 1.83. The third kappa shape index (κ3) is 4.47. The van der Waals surface area contributed by atoms with Gasteiger partial charge in [0.25, 0.3) is 0 Å². The summed E-state index contributed by atoms with van der Waals surface area (Å²) < 4.78 is 11.6. The Bertz CT molecular complexity index is 983. The van der Waals surface area contributed by atoms with Crippen molar-refractivity contribution in [1.82, 2.24) is 0 Å². The Kier molecular flexibility index (Phi) is 6.61. The minimum atomic E-state index is -0.181. The van der Waals surface area contributed by atoms with Crippen LogP contribution in [0.3, 0.4) is 0 Å². The van der Waals surface area contributed by atoms with E-state index in [-0.39, 0.29) is 40.9 Å². The van der Waals surface area contributed by atoms with Crippen LogP contribution in [-0.4, -0.2) is 24.1 Å². The minimum Gasteiger partial charge on any atom is -0.462 e. The van der Waals surface area contributed by atoms with Crippen molar-refractivity contribution in [1.29, 1.82) is 0 Å².